The largest absolute Gasteiger partial charge is 0.281 e. The Balaban J connectivity index is 3.56. The van der Waals surface area contributed by atoms with Gasteiger partial charge in [0.1, 0.15) is 16.4 Å². The summed E-state index contributed by atoms with van der Waals surface area (Å²) in [6.45, 7) is 0. The average Bonchev–Trinajstić information content (AvgIpc) is 2.15. The highest BCUT2D eigenvalue weighted by Gasteiger charge is 2.23. The lowest BCUT2D eigenvalue weighted by Gasteiger charge is -2.06. The summed E-state index contributed by atoms with van der Waals surface area (Å²) in [5.74, 6) is 0. The Morgan fingerprint density at radius 2 is 2.27 bits per heavy atom. The van der Waals surface area contributed by atoms with Crippen LogP contribution in [0.3, 0.4) is 0 Å². The second-order valence-electron chi connectivity index (χ2n) is 2.44. The molecule has 7 heteroatoms. The van der Waals surface area contributed by atoms with Crippen LogP contribution >= 0.6 is 27.5 Å². The van der Waals surface area contributed by atoms with Crippen molar-refractivity contribution in [1.82, 2.24) is 4.98 Å². The SMILES string of the molecule is N#Cc1cc(Br)nc(C(F)F)c1C(=O)Cl. The van der Waals surface area contributed by atoms with Crippen molar-refractivity contribution >= 4 is 32.8 Å². The van der Waals surface area contributed by atoms with E-state index in [1.165, 1.54) is 0 Å². The summed E-state index contributed by atoms with van der Waals surface area (Å²) in [6.07, 6.45) is -2.97. The number of halogens is 4. The van der Waals surface area contributed by atoms with E-state index in [9.17, 15) is 13.6 Å². The van der Waals surface area contributed by atoms with Crippen LogP contribution in [-0.2, 0) is 0 Å². The van der Waals surface area contributed by atoms with Gasteiger partial charge in [0.2, 0.25) is 0 Å². The highest BCUT2D eigenvalue weighted by atomic mass is 79.9. The molecule has 0 aliphatic rings. The van der Waals surface area contributed by atoms with Gasteiger partial charge in [-0.2, -0.15) is 5.26 Å². The van der Waals surface area contributed by atoms with Gasteiger partial charge in [-0.15, -0.1) is 0 Å². The quantitative estimate of drug-likeness (QED) is 0.622. The molecule has 1 rings (SSSR count). The summed E-state index contributed by atoms with van der Waals surface area (Å²) in [4.78, 5) is 14.3. The van der Waals surface area contributed by atoms with E-state index in [1.54, 1.807) is 6.07 Å². The van der Waals surface area contributed by atoms with Gasteiger partial charge < -0.3 is 0 Å². The number of carbonyl (C=O) groups is 1. The predicted octanol–water partition coefficient (Wildman–Crippen LogP) is 3.03. The van der Waals surface area contributed by atoms with Gasteiger partial charge in [-0.3, -0.25) is 4.79 Å². The lowest BCUT2D eigenvalue weighted by atomic mass is 10.1. The molecule has 0 saturated heterocycles. The van der Waals surface area contributed by atoms with Crippen LogP contribution in [0, 0.1) is 11.3 Å². The Morgan fingerprint density at radius 3 is 2.67 bits per heavy atom. The van der Waals surface area contributed by atoms with Crippen molar-refractivity contribution in [1.29, 1.82) is 5.26 Å². The predicted molar refractivity (Wildman–Crippen MR) is 51.8 cm³/mol. The zero-order valence-corrected chi connectivity index (χ0v) is 9.31. The zero-order valence-electron chi connectivity index (χ0n) is 6.97. The Hall–Kier alpha value is -1.06. The fraction of sp³-hybridized carbons (Fsp3) is 0.125. The molecule has 3 nitrogen and oxygen atoms in total. The topological polar surface area (TPSA) is 53.8 Å². The van der Waals surface area contributed by atoms with E-state index in [4.69, 9.17) is 16.9 Å². The molecule has 0 radical (unpaired) electrons. The molecule has 0 amide bonds. The van der Waals surface area contributed by atoms with Crippen molar-refractivity contribution in [2.45, 2.75) is 6.43 Å². The normalized spacial score (nSPS) is 10.1. The van der Waals surface area contributed by atoms with Crippen molar-refractivity contribution in [3.8, 4) is 6.07 Å². The number of alkyl halides is 2. The number of pyridine rings is 1. The smallest absolute Gasteiger partial charge is 0.275 e. The molecule has 0 fully saturated rings. The molecule has 0 aliphatic carbocycles. The lowest BCUT2D eigenvalue weighted by molar-refractivity contribution is 0.106. The van der Waals surface area contributed by atoms with Crippen LogP contribution in [0.5, 0.6) is 0 Å². The van der Waals surface area contributed by atoms with E-state index in [0.29, 0.717) is 0 Å². The fourth-order valence-electron chi connectivity index (χ4n) is 0.985. The maximum Gasteiger partial charge on any atom is 0.281 e. The van der Waals surface area contributed by atoms with E-state index >= 15 is 0 Å². The van der Waals surface area contributed by atoms with Crippen molar-refractivity contribution in [3.05, 3.63) is 27.5 Å². The summed E-state index contributed by atoms with van der Waals surface area (Å²) in [6, 6.07) is 2.76. The van der Waals surface area contributed by atoms with Crippen LogP contribution in [0.15, 0.2) is 10.7 Å². The van der Waals surface area contributed by atoms with Crippen LogP contribution in [0.2, 0.25) is 0 Å². The van der Waals surface area contributed by atoms with Crippen molar-refractivity contribution in [2.24, 2.45) is 0 Å². The number of hydrogen-bond acceptors (Lipinski definition) is 3. The monoisotopic (exact) mass is 294 g/mol. The van der Waals surface area contributed by atoms with Gasteiger partial charge in [0.25, 0.3) is 11.7 Å². The van der Waals surface area contributed by atoms with Crippen LogP contribution in [0.25, 0.3) is 0 Å². The number of rotatable bonds is 2. The van der Waals surface area contributed by atoms with Gasteiger partial charge in [-0.1, -0.05) is 0 Å². The van der Waals surface area contributed by atoms with E-state index in [1.807, 2.05) is 0 Å². The summed E-state index contributed by atoms with van der Waals surface area (Å²) in [5.41, 5.74) is -1.56. The van der Waals surface area contributed by atoms with Gasteiger partial charge >= 0.3 is 0 Å². The number of aromatic nitrogens is 1. The molecule has 0 saturated carbocycles. The van der Waals surface area contributed by atoms with E-state index in [2.05, 4.69) is 20.9 Å². The third kappa shape index (κ3) is 2.49. The summed E-state index contributed by atoms with van der Waals surface area (Å²) in [5, 5.41) is 7.52. The highest BCUT2D eigenvalue weighted by molar-refractivity contribution is 9.10. The standard InChI is InChI=1S/C8H2BrClF2N2O/c9-4-1-3(2-13)5(7(10)15)6(14-4)8(11)12/h1,8H. The molecular formula is C8H2BrClF2N2O. The first-order valence-electron chi connectivity index (χ1n) is 3.56. The molecule has 0 bridgehead atoms. The third-order valence-corrected chi connectivity index (χ3v) is 2.14. The molecule has 78 valence electrons. The van der Waals surface area contributed by atoms with Crippen molar-refractivity contribution < 1.29 is 13.6 Å². The molecule has 15 heavy (non-hydrogen) atoms. The zero-order chi connectivity index (χ0) is 11.6. The van der Waals surface area contributed by atoms with Gasteiger partial charge in [0.15, 0.2) is 0 Å². The minimum absolute atomic E-state index is 0.0519. The van der Waals surface area contributed by atoms with Crippen LogP contribution in [-0.4, -0.2) is 10.2 Å². The molecule has 1 heterocycles. The van der Waals surface area contributed by atoms with Crippen LogP contribution < -0.4 is 0 Å². The van der Waals surface area contributed by atoms with Gasteiger partial charge in [0, 0.05) is 0 Å². The second kappa shape index (κ2) is 4.64. The Kier molecular flexibility index (Phi) is 3.72. The maximum atomic E-state index is 12.5. The van der Waals surface area contributed by atoms with E-state index in [-0.39, 0.29) is 10.2 Å². The molecule has 0 spiro atoms. The molecule has 1 aromatic rings. The van der Waals surface area contributed by atoms with Crippen LogP contribution in [0.1, 0.15) is 28.0 Å². The van der Waals surface area contributed by atoms with E-state index < -0.39 is 22.9 Å². The Morgan fingerprint density at radius 1 is 1.67 bits per heavy atom. The Labute approximate surface area is 96.8 Å². The first kappa shape index (κ1) is 12.0. The third-order valence-electron chi connectivity index (χ3n) is 1.54. The molecule has 0 unspecified atom stereocenters. The van der Waals surface area contributed by atoms with Crippen molar-refractivity contribution in [2.75, 3.05) is 0 Å². The fourth-order valence-corrected chi connectivity index (χ4v) is 1.60. The maximum absolute atomic E-state index is 12.5. The number of carbonyl (C=O) groups excluding carboxylic acids is 1. The van der Waals surface area contributed by atoms with E-state index in [0.717, 1.165) is 6.07 Å². The first-order valence-corrected chi connectivity index (χ1v) is 4.73. The number of hydrogen-bond donors (Lipinski definition) is 0. The number of nitriles is 1. The average molecular weight is 295 g/mol. The second-order valence-corrected chi connectivity index (χ2v) is 3.59. The molecule has 0 aliphatic heterocycles. The number of nitrogens with zero attached hydrogens (tertiary/aromatic N) is 2. The van der Waals surface area contributed by atoms with Gasteiger partial charge in [-0.05, 0) is 33.6 Å². The first-order chi connectivity index (χ1) is 6.97. The molecule has 1 aromatic heterocycles. The van der Waals surface area contributed by atoms with Gasteiger partial charge in [-0.25, -0.2) is 13.8 Å². The summed E-state index contributed by atoms with van der Waals surface area (Å²) >= 11 is 7.97. The summed E-state index contributed by atoms with van der Waals surface area (Å²) < 4.78 is 25.0. The molecular weight excluding hydrogens is 293 g/mol. The van der Waals surface area contributed by atoms with Crippen LogP contribution in [0.4, 0.5) is 8.78 Å². The minimum atomic E-state index is -2.97. The molecule has 0 N–H and O–H groups in total. The minimum Gasteiger partial charge on any atom is -0.275 e. The highest BCUT2D eigenvalue weighted by Crippen LogP contribution is 2.27. The molecule has 0 aromatic carbocycles. The Bertz CT molecular complexity index is 459. The van der Waals surface area contributed by atoms with Gasteiger partial charge in [0.05, 0.1) is 11.1 Å². The summed E-state index contributed by atoms with van der Waals surface area (Å²) in [7, 11) is 0. The molecule has 0 atom stereocenters. The lowest BCUT2D eigenvalue weighted by Crippen LogP contribution is -2.05. The van der Waals surface area contributed by atoms with Crippen molar-refractivity contribution in [3.63, 3.8) is 0 Å².